The molecule has 3 heteroatoms. The molecule has 0 unspecified atom stereocenters. The Hall–Kier alpha value is -0.830. The van der Waals surface area contributed by atoms with Crippen molar-refractivity contribution in [3.05, 3.63) is 17.5 Å². The highest BCUT2D eigenvalue weighted by molar-refractivity contribution is 5.12. The van der Waals surface area contributed by atoms with Gasteiger partial charge in [-0.1, -0.05) is 0 Å². The average Bonchev–Trinajstić information content (AvgIpc) is 2.49. The summed E-state index contributed by atoms with van der Waals surface area (Å²) in [5.74, 6) is 0. The number of rotatable bonds is 1. The van der Waals surface area contributed by atoms with Crippen molar-refractivity contribution < 1.29 is 0 Å². The first-order chi connectivity index (χ1) is 6.27. The van der Waals surface area contributed by atoms with Gasteiger partial charge in [0.25, 0.3) is 0 Å². The second-order valence-electron chi connectivity index (χ2n) is 3.86. The summed E-state index contributed by atoms with van der Waals surface area (Å²) in [6.07, 6.45) is 4.59. The summed E-state index contributed by atoms with van der Waals surface area (Å²) in [5.41, 5.74) is 2.47. The third kappa shape index (κ3) is 1.75. The van der Waals surface area contributed by atoms with Crippen LogP contribution in [-0.4, -0.2) is 22.9 Å². The first-order valence-corrected chi connectivity index (χ1v) is 5.00. The molecule has 2 heterocycles. The number of hydrogen-bond acceptors (Lipinski definition) is 2. The van der Waals surface area contributed by atoms with Crippen molar-refractivity contribution in [1.29, 1.82) is 0 Å². The average molecular weight is 179 g/mol. The van der Waals surface area contributed by atoms with Crippen LogP contribution in [0.25, 0.3) is 0 Å². The molecular weight excluding hydrogens is 162 g/mol. The lowest BCUT2D eigenvalue weighted by Gasteiger charge is -2.22. The smallest absolute Gasteiger partial charge is 0.0622 e. The highest BCUT2D eigenvalue weighted by atomic mass is 15.3. The van der Waals surface area contributed by atoms with Gasteiger partial charge in [0, 0.05) is 6.20 Å². The normalized spacial score (nSPS) is 19.2. The van der Waals surface area contributed by atoms with Crippen molar-refractivity contribution in [3.63, 3.8) is 0 Å². The second-order valence-corrected chi connectivity index (χ2v) is 3.86. The Bertz CT molecular complexity index is 265. The van der Waals surface area contributed by atoms with Crippen molar-refractivity contribution >= 4 is 0 Å². The van der Waals surface area contributed by atoms with E-state index in [0.717, 1.165) is 13.1 Å². The van der Waals surface area contributed by atoms with E-state index in [1.165, 1.54) is 24.1 Å². The fourth-order valence-corrected chi connectivity index (χ4v) is 1.83. The first kappa shape index (κ1) is 8.75. The third-order valence-corrected chi connectivity index (χ3v) is 2.84. The predicted octanol–water partition coefficient (Wildman–Crippen LogP) is 1.42. The zero-order valence-electron chi connectivity index (χ0n) is 8.38. The molecule has 1 saturated heterocycles. The molecule has 0 radical (unpaired) electrons. The van der Waals surface area contributed by atoms with Crippen LogP contribution in [-0.2, 0) is 0 Å². The monoisotopic (exact) mass is 179 g/mol. The number of hydrogen-bond donors (Lipinski definition) is 1. The number of nitrogens with one attached hydrogen (secondary N) is 1. The van der Waals surface area contributed by atoms with Crippen LogP contribution < -0.4 is 5.32 Å². The molecule has 1 aromatic rings. The summed E-state index contributed by atoms with van der Waals surface area (Å²) in [7, 11) is 0. The third-order valence-electron chi connectivity index (χ3n) is 2.84. The maximum Gasteiger partial charge on any atom is 0.0622 e. The molecule has 0 amide bonds. The van der Waals surface area contributed by atoms with Gasteiger partial charge in [-0.25, -0.2) is 0 Å². The van der Waals surface area contributed by atoms with Crippen LogP contribution in [0.15, 0.2) is 6.20 Å². The molecule has 72 valence electrons. The Morgan fingerprint density at radius 3 is 2.62 bits per heavy atom. The molecule has 1 aliphatic rings. The SMILES string of the molecule is Cc1cn(C2CCNCC2)nc1C. The van der Waals surface area contributed by atoms with Gasteiger partial charge in [0.2, 0.25) is 0 Å². The number of aryl methyl sites for hydroxylation is 2. The van der Waals surface area contributed by atoms with Crippen LogP contribution in [0.2, 0.25) is 0 Å². The van der Waals surface area contributed by atoms with E-state index in [-0.39, 0.29) is 0 Å². The van der Waals surface area contributed by atoms with E-state index in [1.807, 2.05) is 0 Å². The zero-order chi connectivity index (χ0) is 9.26. The van der Waals surface area contributed by atoms with Crippen molar-refractivity contribution in [2.45, 2.75) is 32.7 Å². The molecule has 3 nitrogen and oxygen atoms in total. The maximum absolute atomic E-state index is 4.52. The Kier molecular flexibility index (Phi) is 2.36. The molecule has 13 heavy (non-hydrogen) atoms. The molecule has 0 bridgehead atoms. The van der Waals surface area contributed by atoms with Crippen LogP contribution in [0, 0.1) is 13.8 Å². The van der Waals surface area contributed by atoms with Gasteiger partial charge in [0.05, 0.1) is 11.7 Å². The van der Waals surface area contributed by atoms with Crippen molar-refractivity contribution in [3.8, 4) is 0 Å². The summed E-state index contributed by atoms with van der Waals surface area (Å²) in [6, 6.07) is 0.619. The topological polar surface area (TPSA) is 29.9 Å². The molecule has 0 saturated carbocycles. The van der Waals surface area contributed by atoms with E-state index in [2.05, 4.69) is 35.1 Å². The van der Waals surface area contributed by atoms with E-state index in [0.29, 0.717) is 6.04 Å². The first-order valence-electron chi connectivity index (χ1n) is 5.00. The van der Waals surface area contributed by atoms with Crippen LogP contribution in [0.4, 0.5) is 0 Å². The molecule has 0 aliphatic carbocycles. The van der Waals surface area contributed by atoms with Crippen LogP contribution in [0.5, 0.6) is 0 Å². The molecule has 1 aliphatic heterocycles. The summed E-state index contributed by atoms with van der Waals surface area (Å²) in [5, 5.41) is 7.89. The van der Waals surface area contributed by atoms with Crippen molar-refractivity contribution in [2.24, 2.45) is 0 Å². The van der Waals surface area contributed by atoms with Gasteiger partial charge in [-0.3, -0.25) is 4.68 Å². The van der Waals surface area contributed by atoms with Crippen LogP contribution >= 0.6 is 0 Å². The van der Waals surface area contributed by atoms with Gasteiger partial charge in [0.15, 0.2) is 0 Å². The minimum Gasteiger partial charge on any atom is -0.317 e. The second kappa shape index (κ2) is 3.50. The van der Waals surface area contributed by atoms with Gasteiger partial charge in [-0.15, -0.1) is 0 Å². The molecule has 0 atom stereocenters. The molecule has 1 fully saturated rings. The lowest BCUT2D eigenvalue weighted by molar-refractivity contribution is 0.342. The van der Waals surface area contributed by atoms with E-state index in [1.54, 1.807) is 0 Å². The Morgan fingerprint density at radius 1 is 1.38 bits per heavy atom. The fourth-order valence-electron chi connectivity index (χ4n) is 1.83. The Labute approximate surface area is 79.1 Å². The molecular formula is C10H17N3. The van der Waals surface area contributed by atoms with Crippen LogP contribution in [0.3, 0.4) is 0 Å². The highest BCUT2D eigenvalue weighted by Crippen LogP contribution is 2.18. The summed E-state index contributed by atoms with van der Waals surface area (Å²) in [4.78, 5) is 0. The Balaban J connectivity index is 2.14. The molecule has 1 N–H and O–H groups in total. The lowest BCUT2D eigenvalue weighted by Crippen LogP contribution is -2.29. The highest BCUT2D eigenvalue weighted by Gasteiger charge is 2.15. The van der Waals surface area contributed by atoms with E-state index >= 15 is 0 Å². The van der Waals surface area contributed by atoms with E-state index in [4.69, 9.17) is 0 Å². The number of aromatic nitrogens is 2. The largest absolute Gasteiger partial charge is 0.317 e. The molecule has 2 rings (SSSR count). The summed E-state index contributed by atoms with van der Waals surface area (Å²) < 4.78 is 2.14. The van der Waals surface area contributed by atoms with Gasteiger partial charge >= 0.3 is 0 Å². The van der Waals surface area contributed by atoms with Gasteiger partial charge in [-0.05, 0) is 45.3 Å². The van der Waals surface area contributed by atoms with E-state index < -0.39 is 0 Å². The van der Waals surface area contributed by atoms with Crippen molar-refractivity contribution in [2.75, 3.05) is 13.1 Å². The summed E-state index contributed by atoms with van der Waals surface area (Å²) >= 11 is 0. The number of nitrogens with zero attached hydrogens (tertiary/aromatic N) is 2. The number of piperidine rings is 1. The predicted molar refractivity (Wildman–Crippen MR) is 52.8 cm³/mol. The minimum absolute atomic E-state index is 0.619. The Morgan fingerprint density at radius 2 is 2.08 bits per heavy atom. The standard InChI is InChI=1S/C10H17N3/c1-8-7-13(12-9(8)2)10-3-5-11-6-4-10/h7,10-11H,3-6H2,1-2H3. The molecule has 1 aromatic heterocycles. The quantitative estimate of drug-likeness (QED) is 0.706. The maximum atomic E-state index is 4.52. The minimum atomic E-state index is 0.619. The molecule has 0 aromatic carbocycles. The van der Waals surface area contributed by atoms with E-state index in [9.17, 15) is 0 Å². The van der Waals surface area contributed by atoms with Crippen LogP contribution in [0.1, 0.15) is 30.1 Å². The van der Waals surface area contributed by atoms with Gasteiger partial charge in [0.1, 0.15) is 0 Å². The lowest BCUT2D eigenvalue weighted by atomic mass is 10.1. The summed E-state index contributed by atoms with van der Waals surface area (Å²) in [6.45, 7) is 6.46. The fraction of sp³-hybridized carbons (Fsp3) is 0.700. The van der Waals surface area contributed by atoms with Gasteiger partial charge in [-0.2, -0.15) is 5.10 Å². The van der Waals surface area contributed by atoms with Gasteiger partial charge < -0.3 is 5.32 Å². The zero-order valence-corrected chi connectivity index (χ0v) is 8.38. The molecule has 0 spiro atoms. The van der Waals surface area contributed by atoms with Crippen molar-refractivity contribution in [1.82, 2.24) is 15.1 Å².